The van der Waals surface area contributed by atoms with Crippen LogP contribution in [0, 0.1) is 11.6 Å². The van der Waals surface area contributed by atoms with Crippen LogP contribution < -0.4 is 11.4 Å². The Bertz CT molecular complexity index is 596. The highest BCUT2D eigenvalue weighted by Crippen LogP contribution is 2.18. The van der Waals surface area contributed by atoms with Gasteiger partial charge in [-0.2, -0.15) is 9.97 Å². The quantitative estimate of drug-likeness (QED) is 0.746. The van der Waals surface area contributed by atoms with Gasteiger partial charge < -0.3 is 5.73 Å². The molecule has 82 valence electrons. The van der Waals surface area contributed by atoms with Crippen molar-refractivity contribution in [1.29, 1.82) is 0 Å². The standard InChI is InChI=1S/C9H6F2N4O/c10-4-1-2-5(6(11)3-4)7-13-8(12)15-9(16)14-7/h1-3H,(H3,12,13,14,15,16). The van der Waals surface area contributed by atoms with E-state index in [1.165, 1.54) is 0 Å². The molecule has 3 N–H and O–H groups in total. The highest BCUT2D eigenvalue weighted by Gasteiger charge is 2.09. The molecule has 0 fully saturated rings. The summed E-state index contributed by atoms with van der Waals surface area (Å²) in [5.41, 5.74) is 4.45. The molecule has 1 aromatic heterocycles. The lowest BCUT2D eigenvalue weighted by Crippen LogP contribution is -2.15. The molecule has 0 aliphatic heterocycles. The van der Waals surface area contributed by atoms with E-state index in [-0.39, 0.29) is 17.3 Å². The minimum Gasteiger partial charge on any atom is -0.368 e. The van der Waals surface area contributed by atoms with E-state index >= 15 is 0 Å². The van der Waals surface area contributed by atoms with Crippen LogP contribution in [0.3, 0.4) is 0 Å². The summed E-state index contributed by atoms with van der Waals surface area (Å²) < 4.78 is 26.0. The number of nitrogen functional groups attached to an aromatic ring is 1. The number of rotatable bonds is 1. The van der Waals surface area contributed by atoms with E-state index in [0.717, 1.165) is 12.1 Å². The van der Waals surface area contributed by atoms with Crippen molar-refractivity contribution in [1.82, 2.24) is 15.0 Å². The maximum Gasteiger partial charge on any atom is 0.349 e. The summed E-state index contributed by atoms with van der Waals surface area (Å²) in [6.07, 6.45) is 0. The third-order valence-corrected chi connectivity index (χ3v) is 1.85. The number of H-pyrrole nitrogens is 1. The molecule has 1 heterocycles. The number of anilines is 1. The molecule has 1 aromatic carbocycles. The van der Waals surface area contributed by atoms with Crippen molar-refractivity contribution < 1.29 is 8.78 Å². The van der Waals surface area contributed by atoms with E-state index in [2.05, 4.69) is 15.0 Å². The Kier molecular flexibility index (Phi) is 2.35. The largest absolute Gasteiger partial charge is 0.368 e. The van der Waals surface area contributed by atoms with Gasteiger partial charge in [-0.3, -0.25) is 4.98 Å². The van der Waals surface area contributed by atoms with Crippen molar-refractivity contribution in [2.24, 2.45) is 0 Å². The Labute approximate surface area is 88.0 Å². The number of nitrogens with two attached hydrogens (primary N) is 1. The zero-order chi connectivity index (χ0) is 11.7. The average Bonchev–Trinajstić information content (AvgIpc) is 2.15. The summed E-state index contributed by atoms with van der Waals surface area (Å²) in [6, 6.07) is 2.89. The number of hydrogen-bond acceptors (Lipinski definition) is 4. The Morgan fingerprint density at radius 1 is 1.25 bits per heavy atom. The van der Waals surface area contributed by atoms with E-state index < -0.39 is 17.3 Å². The number of aromatic amines is 1. The maximum atomic E-state index is 13.3. The normalized spacial score (nSPS) is 10.4. The van der Waals surface area contributed by atoms with Crippen molar-refractivity contribution >= 4 is 5.95 Å². The van der Waals surface area contributed by atoms with Gasteiger partial charge in [-0.25, -0.2) is 13.6 Å². The Balaban J connectivity index is 2.63. The molecule has 0 saturated carbocycles. The first-order valence-corrected chi connectivity index (χ1v) is 4.25. The highest BCUT2D eigenvalue weighted by atomic mass is 19.1. The van der Waals surface area contributed by atoms with Crippen LogP contribution in [0.1, 0.15) is 0 Å². The van der Waals surface area contributed by atoms with Crippen molar-refractivity contribution in [3.8, 4) is 11.4 Å². The van der Waals surface area contributed by atoms with Gasteiger partial charge >= 0.3 is 5.69 Å². The van der Waals surface area contributed by atoms with Crippen LogP contribution >= 0.6 is 0 Å². The van der Waals surface area contributed by atoms with Gasteiger partial charge in [0.1, 0.15) is 17.5 Å². The number of aromatic nitrogens is 3. The molecule has 0 atom stereocenters. The summed E-state index contributed by atoms with van der Waals surface area (Å²) in [6.45, 7) is 0. The van der Waals surface area contributed by atoms with Gasteiger partial charge in [0.15, 0.2) is 0 Å². The number of halogens is 2. The smallest absolute Gasteiger partial charge is 0.349 e. The second-order valence-electron chi connectivity index (χ2n) is 2.98. The molecule has 0 amide bonds. The van der Waals surface area contributed by atoms with Crippen molar-refractivity contribution in [3.63, 3.8) is 0 Å². The highest BCUT2D eigenvalue weighted by molar-refractivity contribution is 5.56. The van der Waals surface area contributed by atoms with Crippen molar-refractivity contribution in [2.45, 2.75) is 0 Å². The summed E-state index contributed by atoms with van der Waals surface area (Å²) in [5.74, 6) is -1.92. The van der Waals surface area contributed by atoms with Crippen LogP contribution in [-0.4, -0.2) is 15.0 Å². The first-order chi connectivity index (χ1) is 7.56. The zero-order valence-electron chi connectivity index (χ0n) is 7.87. The van der Waals surface area contributed by atoms with E-state index in [9.17, 15) is 13.6 Å². The van der Waals surface area contributed by atoms with Gasteiger partial charge in [0.2, 0.25) is 5.95 Å². The lowest BCUT2D eigenvalue weighted by molar-refractivity contribution is 0.585. The fourth-order valence-corrected chi connectivity index (χ4v) is 1.21. The molecule has 16 heavy (non-hydrogen) atoms. The monoisotopic (exact) mass is 224 g/mol. The predicted octanol–water partition coefficient (Wildman–Crippen LogP) is 0.692. The van der Waals surface area contributed by atoms with Crippen LogP contribution in [0.2, 0.25) is 0 Å². The van der Waals surface area contributed by atoms with E-state index in [1.54, 1.807) is 0 Å². The van der Waals surface area contributed by atoms with Crippen LogP contribution in [0.15, 0.2) is 23.0 Å². The second kappa shape index (κ2) is 3.69. The Morgan fingerprint density at radius 3 is 2.62 bits per heavy atom. The van der Waals surface area contributed by atoms with E-state index in [1.807, 2.05) is 0 Å². The van der Waals surface area contributed by atoms with Gasteiger partial charge in [-0.15, -0.1) is 0 Å². The lowest BCUT2D eigenvalue weighted by Gasteiger charge is -2.02. The SMILES string of the molecule is Nc1nc(-c2ccc(F)cc2F)[nH]c(=O)n1. The third-order valence-electron chi connectivity index (χ3n) is 1.85. The predicted molar refractivity (Wildman–Crippen MR) is 52.4 cm³/mol. The molecular weight excluding hydrogens is 218 g/mol. The average molecular weight is 224 g/mol. The van der Waals surface area contributed by atoms with E-state index in [0.29, 0.717) is 6.07 Å². The topological polar surface area (TPSA) is 84.7 Å². The number of nitrogens with one attached hydrogen (secondary N) is 1. The third kappa shape index (κ3) is 1.88. The number of nitrogens with zero attached hydrogens (tertiary/aromatic N) is 2. The summed E-state index contributed by atoms with van der Waals surface area (Å²) in [7, 11) is 0. The molecule has 0 aliphatic carbocycles. The fourth-order valence-electron chi connectivity index (χ4n) is 1.21. The first-order valence-electron chi connectivity index (χ1n) is 4.25. The summed E-state index contributed by atoms with van der Waals surface area (Å²) >= 11 is 0. The molecule has 2 rings (SSSR count). The van der Waals surface area contributed by atoms with Gasteiger partial charge in [-0.05, 0) is 12.1 Å². The van der Waals surface area contributed by atoms with Gasteiger partial charge in [0, 0.05) is 6.07 Å². The molecule has 2 aromatic rings. The number of hydrogen-bond donors (Lipinski definition) is 2. The molecule has 0 unspecified atom stereocenters. The molecule has 0 saturated heterocycles. The lowest BCUT2D eigenvalue weighted by atomic mass is 10.2. The second-order valence-corrected chi connectivity index (χ2v) is 2.98. The minimum absolute atomic E-state index is 0.0485. The molecule has 0 radical (unpaired) electrons. The molecular formula is C9H6F2N4O. The van der Waals surface area contributed by atoms with Crippen LogP contribution in [-0.2, 0) is 0 Å². The molecule has 7 heteroatoms. The summed E-state index contributed by atoms with van der Waals surface area (Å²) in [5, 5.41) is 0. The van der Waals surface area contributed by atoms with Gasteiger partial charge in [0.25, 0.3) is 0 Å². The number of benzene rings is 1. The molecule has 0 bridgehead atoms. The minimum atomic E-state index is -0.839. The molecule has 0 aliphatic rings. The van der Waals surface area contributed by atoms with Crippen molar-refractivity contribution in [3.05, 3.63) is 40.3 Å². The van der Waals surface area contributed by atoms with Crippen LogP contribution in [0.25, 0.3) is 11.4 Å². The molecule has 0 spiro atoms. The zero-order valence-corrected chi connectivity index (χ0v) is 7.87. The maximum absolute atomic E-state index is 13.3. The van der Waals surface area contributed by atoms with Gasteiger partial charge in [-0.1, -0.05) is 0 Å². The Morgan fingerprint density at radius 2 is 2.00 bits per heavy atom. The Hall–Kier alpha value is -2.31. The van der Waals surface area contributed by atoms with Crippen LogP contribution in [0.4, 0.5) is 14.7 Å². The van der Waals surface area contributed by atoms with E-state index in [4.69, 9.17) is 5.73 Å². The fraction of sp³-hybridized carbons (Fsp3) is 0. The molecule has 5 nitrogen and oxygen atoms in total. The van der Waals surface area contributed by atoms with Crippen molar-refractivity contribution in [2.75, 3.05) is 5.73 Å². The summed E-state index contributed by atoms with van der Waals surface area (Å²) in [4.78, 5) is 20.1. The first kappa shape index (κ1) is 10.2. The van der Waals surface area contributed by atoms with Crippen LogP contribution in [0.5, 0.6) is 0 Å². The van der Waals surface area contributed by atoms with Gasteiger partial charge in [0.05, 0.1) is 5.56 Å².